The molecule has 0 atom stereocenters. The van der Waals surface area contributed by atoms with Crippen molar-refractivity contribution in [2.45, 2.75) is 58.2 Å². The van der Waals surface area contributed by atoms with Gasteiger partial charge >= 0.3 is 0 Å². The van der Waals surface area contributed by atoms with Crippen LogP contribution < -0.4 is 0 Å². The van der Waals surface area contributed by atoms with Crippen molar-refractivity contribution in [3.05, 3.63) is 83.2 Å². The highest BCUT2D eigenvalue weighted by Gasteiger charge is 2.24. The van der Waals surface area contributed by atoms with E-state index >= 15 is 4.39 Å². The maximum absolute atomic E-state index is 15.0. The van der Waals surface area contributed by atoms with Crippen LogP contribution >= 0.6 is 0 Å². The largest absolute Gasteiger partial charge is 0.352 e. The Hall–Kier alpha value is -2.63. The highest BCUT2D eigenvalue weighted by Crippen LogP contribution is 2.32. The molecule has 0 radical (unpaired) electrons. The van der Waals surface area contributed by atoms with E-state index in [-0.39, 0.29) is 23.6 Å². The van der Waals surface area contributed by atoms with Gasteiger partial charge in [0.05, 0.1) is 13.2 Å². The van der Waals surface area contributed by atoms with E-state index in [0.29, 0.717) is 41.9 Å². The van der Waals surface area contributed by atoms with E-state index in [1.54, 1.807) is 49.4 Å². The first-order valence-electron chi connectivity index (χ1n) is 12.1. The molecule has 0 saturated carbocycles. The number of halogens is 3. The zero-order valence-electron chi connectivity index (χ0n) is 19.8. The van der Waals surface area contributed by atoms with Crippen molar-refractivity contribution < 1.29 is 22.6 Å². The Morgan fingerprint density at radius 1 is 0.765 bits per heavy atom. The topological polar surface area (TPSA) is 18.5 Å². The molecule has 0 aromatic heterocycles. The number of aryl methyl sites for hydroxylation is 1. The molecule has 4 rings (SSSR count). The summed E-state index contributed by atoms with van der Waals surface area (Å²) in [7, 11) is 0. The Bertz CT molecular complexity index is 1100. The fraction of sp³-hybridized carbons (Fsp3) is 0.379. The fourth-order valence-electron chi connectivity index (χ4n) is 4.40. The first-order valence-corrected chi connectivity index (χ1v) is 12.1. The smallest absolute Gasteiger partial charge is 0.166 e. The van der Waals surface area contributed by atoms with Crippen molar-refractivity contribution in [1.82, 2.24) is 0 Å². The lowest BCUT2D eigenvalue weighted by atomic mass is 9.95. The van der Waals surface area contributed by atoms with E-state index in [2.05, 4.69) is 6.92 Å². The monoisotopic (exact) mass is 468 g/mol. The molecule has 180 valence electrons. The van der Waals surface area contributed by atoms with E-state index in [1.807, 2.05) is 6.07 Å². The molecule has 0 bridgehead atoms. The lowest BCUT2D eigenvalue weighted by Crippen LogP contribution is -2.30. The molecule has 1 aliphatic rings. The van der Waals surface area contributed by atoms with Crippen LogP contribution in [0.4, 0.5) is 13.2 Å². The second kappa shape index (κ2) is 11.2. The lowest BCUT2D eigenvalue weighted by molar-refractivity contribution is -0.190. The Morgan fingerprint density at radius 2 is 1.41 bits per heavy atom. The third-order valence-electron chi connectivity index (χ3n) is 6.52. The molecule has 0 amide bonds. The van der Waals surface area contributed by atoms with Crippen LogP contribution in [0.1, 0.15) is 56.6 Å². The minimum absolute atomic E-state index is 0.00249. The SMILES string of the molecule is CCCCCC1OCC(c2ccc(-c3ccc(-c4ccc(CC)c(F)c4F)cc3)c(F)c2)CO1. The van der Waals surface area contributed by atoms with E-state index in [0.717, 1.165) is 31.2 Å². The quantitative estimate of drug-likeness (QED) is 0.312. The summed E-state index contributed by atoms with van der Waals surface area (Å²) in [6, 6.07) is 15.2. The van der Waals surface area contributed by atoms with E-state index < -0.39 is 11.6 Å². The summed E-state index contributed by atoms with van der Waals surface area (Å²) in [6.07, 6.45) is 4.56. The number of hydrogen-bond acceptors (Lipinski definition) is 2. The van der Waals surface area contributed by atoms with Gasteiger partial charge in [0.2, 0.25) is 0 Å². The molecular weight excluding hydrogens is 437 g/mol. The molecule has 0 aliphatic carbocycles. The Labute approximate surface area is 199 Å². The molecule has 3 aromatic rings. The highest BCUT2D eigenvalue weighted by molar-refractivity contribution is 5.71. The standard InChI is InChI=1S/C29H31F3O2/c1-3-5-6-7-27-33-17-23(18-34-27)22-13-14-24(26(30)16-22)20-8-10-21(11-9-20)25-15-12-19(4-2)28(31)29(25)32/h8-16,23,27H,3-7,17-18H2,1-2H3. The van der Waals surface area contributed by atoms with Crippen molar-refractivity contribution in [2.75, 3.05) is 13.2 Å². The van der Waals surface area contributed by atoms with E-state index in [4.69, 9.17) is 9.47 Å². The van der Waals surface area contributed by atoms with Crippen molar-refractivity contribution in [3.63, 3.8) is 0 Å². The average Bonchev–Trinajstić information content (AvgIpc) is 2.86. The van der Waals surface area contributed by atoms with Crippen LogP contribution in [0, 0.1) is 17.5 Å². The van der Waals surface area contributed by atoms with Crippen LogP contribution in [0.25, 0.3) is 22.3 Å². The van der Waals surface area contributed by atoms with Crippen molar-refractivity contribution in [2.24, 2.45) is 0 Å². The molecular formula is C29H31F3O2. The minimum Gasteiger partial charge on any atom is -0.352 e. The van der Waals surface area contributed by atoms with Gasteiger partial charge in [-0.3, -0.25) is 0 Å². The fourth-order valence-corrected chi connectivity index (χ4v) is 4.40. The van der Waals surface area contributed by atoms with Gasteiger partial charge in [0.25, 0.3) is 0 Å². The number of hydrogen-bond donors (Lipinski definition) is 0. The Kier molecular flexibility index (Phi) is 8.07. The van der Waals surface area contributed by atoms with Gasteiger partial charge in [-0.15, -0.1) is 0 Å². The third-order valence-corrected chi connectivity index (χ3v) is 6.52. The molecule has 0 N–H and O–H groups in total. The van der Waals surface area contributed by atoms with Crippen LogP contribution in [-0.4, -0.2) is 19.5 Å². The van der Waals surface area contributed by atoms with Crippen LogP contribution in [0.5, 0.6) is 0 Å². The molecule has 1 aliphatic heterocycles. The molecule has 1 fully saturated rings. The number of ether oxygens (including phenoxy) is 2. The molecule has 1 saturated heterocycles. The molecule has 34 heavy (non-hydrogen) atoms. The summed E-state index contributed by atoms with van der Waals surface area (Å²) < 4.78 is 55.3. The molecule has 3 aromatic carbocycles. The summed E-state index contributed by atoms with van der Waals surface area (Å²) in [5.74, 6) is -2.00. The maximum atomic E-state index is 15.0. The second-order valence-electron chi connectivity index (χ2n) is 8.86. The predicted octanol–water partition coefficient (Wildman–Crippen LogP) is 8.04. The van der Waals surface area contributed by atoms with Crippen LogP contribution in [0.2, 0.25) is 0 Å². The highest BCUT2D eigenvalue weighted by atomic mass is 19.2. The van der Waals surface area contributed by atoms with Crippen LogP contribution in [0.15, 0.2) is 54.6 Å². The predicted molar refractivity (Wildman–Crippen MR) is 129 cm³/mol. The van der Waals surface area contributed by atoms with Gasteiger partial charge in [0, 0.05) is 17.0 Å². The number of rotatable bonds is 8. The van der Waals surface area contributed by atoms with E-state index in [1.165, 1.54) is 6.07 Å². The molecule has 5 heteroatoms. The maximum Gasteiger partial charge on any atom is 0.166 e. The molecule has 0 unspecified atom stereocenters. The van der Waals surface area contributed by atoms with Gasteiger partial charge in [0.1, 0.15) is 5.82 Å². The van der Waals surface area contributed by atoms with Crippen LogP contribution in [-0.2, 0) is 15.9 Å². The molecule has 2 nitrogen and oxygen atoms in total. The van der Waals surface area contributed by atoms with Crippen LogP contribution in [0.3, 0.4) is 0 Å². The normalized spacial score (nSPS) is 18.3. The molecule has 0 spiro atoms. The summed E-state index contributed by atoms with van der Waals surface area (Å²) in [6.45, 7) is 4.98. The summed E-state index contributed by atoms with van der Waals surface area (Å²) >= 11 is 0. The Balaban J connectivity index is 1.45. The summed E-state index contributed by atoms with van der Waals surface area (Å²) in [4.78, 5) is 0. The lowest BCUT2D eigenvalue weighted by Gasteiger charge is -2.30. The van der Waals surface area contributed by atoms with Gasteiger partial charge in [-0.25, -0.2) is 13.2 Å². The van der Waals surface area contributed by atoms with Crippen molar-refractivity contribution in [3.8, 4) is 22.3 Å². The number of benzene rings is 3. The minimum atomic E-state index is -0.854. The Morgan fingerprint density at radius 3 is 2.03 bits per heavy atom. The first-order chi connectivity index (χ1) is 16.5. The van der Waals surface area contributed by atoms with Gasteiger partial charge in [0.15, 0.2) is 17.9 Å². The number of unbranched alkanes of at least 4 members (excludes halogenated alkanes) is 2. The molecule has 1 heterocycles. The van der Waals surface area contributed by atoms with Gasteiger partial charge < -0.3 is 9.47 Å². The van der Waals surface area contributed by atoms with Gasteiger partial charge in [-0.05, 0) is 47.6 Å². The zero-order chi connectivity index (χ0) is 24.1. The van der Waals surface area contributed by atoms with Gasteiger partial charge in [-0.2, -0.15) is 0 Å². The van der Waals surface area contributed by atoms with Crippen molar-refractivity contribution >= 4 is 0 Å². The third kappa shape index (κ3) is 5.37. The average molecular weight is 469 g/mol. The summed E-state index contributed by atoms with van der Waals surface area (Å²) in [5, 5.41) is 0. The van der Waals surface area contributed by atoms with Gasteiger partial charge in [-0.1, -0.05) is 75.2 Å². The zero-order valence-corrected chi connectivity index (χ0v) is 19.8. The summed E-state index contributed by atoms with van der Waals surface area (Å²) in [5.41, 5.74) is 3.07. The second-order valence-corrected chi connectivity index (χ2v) is 8.86. The van der Waals surface area contributed by atoms with E-state index in [9.17, 15) is 8.78 Å². The van der Waals surface area contributed by atoms with Crippen molar-refractivity contribution in [1.29, 1.82) is 0 Å². The first kappa shape index (κ1) is 24.5.